The van der Waals surface area contributed by atoms with Crippen molar-refractivity contribution in [2.24, 2.45) is 0 Å². The van der Waals surface area contributed by atoms with Gasteiger partial charge in [-0.3, -0.25) is 9.69 Å². The minimum Gasteiger partial charge on any atom is -0.337 e. The van der Waals surface area contributed by atoms with Crippen LogP contribution in [-0.2, 0) is 20.8 Å². The average molecular weight is 425 g/mol. The van der Waals surface area contributed by atoms with Crippen LogP contribution in [0.15, 0.2) is 24.3 Å². The molecule has 1 aromatic rings. The Bertz CT molecular complexity index is 817. The molecule has 1 aromatic carbocycles. The monoisotopic (exact) mass is 424 g/mol. The van der Waals surface area contributed by atoms with Crippen molar-refractivity contribution in [2.45, 2.75) is 6.18 Å². The molecule has 5 nitrogen and oxygen atoms in total. The van der Waals surface area contributed by atoms with E-state index in [4.69, 9.17) is 11.6 Å². The summed E-state index contributed by atoms with van der Waals surface area (Å²) in [7, 11) is -3.03. The number of hydrogen-bond donors (Lipinski definition) is 0. The molecule has 0 unspecified atom stereocenters. The summed E-state index contributed by atoms with van der Waals surface area (Å²) in [5.41, 5.74) is -0.717. The lowest BCUT2D eigenvalue weighted by molar-refractivity contribution is -0.137. The Balaban J connectivity index is 1.93. The van der Waals surface area contributed by atoms with Crippen LogP contribution in [0.4, 0.5) is 13.2 Å². The Kier molecular flexibility index (Phi) is 6.93. The molecule has 0 saturated carbocycles. The smallest absolute Gasteiger partial charge is 0.337 e. The SMILES string of the molecule is CS(=O)(=O)CCN1CCN(C(=O)/C=C/c2ccc(Cl)c(C(F)(F)F)c2)CC1. The topological polar surface area (TPSA) is 57.7 Å². The summed E-state index contributed by atoms with van der Waals surface area (Å²) in [6.45, 7) is 2.38. The molecule has 0 aromatic heterocycles. The number of piperazine rings is 1. The molecule has 0 spiro atoms. The predicted octanol–water partition coefficient (Wildman–Crippen LogP) is 2.56. The van der Waals surface area contributed by atoms with Gasteiger partial charge >= 0.3 is 6.18 Å². The molecular formula is C17H20ClF3N2O3S. The van der Waals surface area contributed by atoms with E-state index in [0.717, 1.165) is 12.1 Å². The van der Waals surface area contributed by atoms with Gasteiger partial charge < -0.3 is 4.90 Å². The summed E-state index contributed by atoms with van der Waals surface area (Å²) in [6.07, 6.45) is -0.828. The summed E-state index contributed by atoms with van der Waals surface area (Å²) in [5, 5.41) is -0.392. The summed E-state index contributed by atoms with van der Waals surface area (Å²) < 4.78 is 61.0. The van der Waals surface area contributed by atoms with E-state index < -0.39 is 26.6 Å². The van der Waals surface area contributed by atoms with E-state index in [-0.39, 0.29) is 17.2 Å². The van der Waals surface area contributed by atoms with Crippen molar-refractivity contribution in [3.05, 3.63) is 40.4 Å². The molecule has 0 bridgehead atoms. The van der Waals surface area contributed by atoms with Gasteiger partial charge in [-0.25, -0.2) is 8.42 Å². The number of nitrogens with zero attached hydrogens (tertiary/aromatic N) is 2. The quantitative estimate of drug-likeness (QED) is 0.682. The average Bonchev–Trinajstić information content (AvgIpc) is 2.58. The van der Waals surface area contributed by atoms with Crippen molar-refractivity contribution in [3.63, 3.8) is 0 Å². The van der Waals surface area contributed by atoms with Gasteiger partial charge in [-0.15, -0.1) is 0 Å². The molecule has 1 saturated heterocycles. The maximum atomic E-state index is 12.9. The van der Waals surface area contributed by atoms with Crippen molar-refractivity contribution in [2.75, 3.05) is 44.7 Å². The molecular weight excluding hydrogens is 405 g/mol. The van der Waals surface area contributed by atoms with E-state index in [0.29, 0.717) is 32.7 Å². The van der Waals surface area contributed by atoms with E-state index in [2.05, 4.69) is 0 Å². The van der Waals surface area contributed by atoms with Crippen LogP contribution in [0.1, 0.15) is 11.1 Å². The predicted molar refractivity (Wildman–Crippen MR) is 98.2 cm³/mol. The van der Waals surface area contributed by atoms with Crippen molar-refractivity contribution in [3.8, 4) is 0 Å². The molecule has 10 heteroatoms. The third kappa shape index (κ3) is 6.82. The van der Waals surface area contributed by atoms with E-state index in [9.17, 15) is 26.4 Å². The number of carbonyl (C=O) groups is 1. The minimum atomic E-state index is -4.56. The number of carbonyl (C=O) groups excluding carboxylic acids is 1. The summed E-state index contributed by atoms with van der Waals surface area (Å²) in [6, 6.07) is 3.45. The van der Waals surface area contributed by atoms with Gasteiger partial charge in [0.2, 0.25) is 5.91 Å². The lowest BCUT2D eigenvalue weighted by atomic mass is 10.1. The second-order valence-electron chi connectivity index (χ2n) is 6.37. The Morgan fingerprint density at radius 3 is 2.41 bits per heavy atom. The molecule has 1 heterocycles. The largest absolute Gasteiger partial charge is 0.417 e. The van der Waals surface area contributed by atoms with Crippen LogP contribution >= 0.6 is 11.6 Å². The van der Waals surface area contributed by atoms with Crippen LogP contribution in [0, 0.1) is 0 Å². The number of amides is 1. The van der Waals surface area contributed by atoms with E-state index >= 15 is 0 Å². The Hall–Kier alpha value is -1.58. The maximum absolute atomic E-state index is 12.9. The number of benzene rings is 1. The molecule has 2 rings (SSSR count). The minimum absolute atomic E-state index is 0.0684. The number of hydrogen-bond acceptors (Lipinski definition) is 4. The zero-order valence-electron chi connectivity index (χ0n) is 14.7. The zero-order valence-corrected chi connectivity index (χ0v) is 16.2. The third-order valence-corrected chi connectivity index (χ3v) is 5.43. The van der Waals surface area contributed by atoms with Gasteiger partial charge in [-0.2, -0.15) is 13.2 Å². The molecule has 0 atom stereocenters. The van der Waals surface area contributed by atoms with Crippen molar-refractivity contribution in [1.29, 1.82) is 0 Å². The fourth-order valence-electron chi connectivity index (χ4n) is 2.62. The third-order valence-electron chi connectivity index (χ3n) is 4.18. The first-order valence-corrected chi connectivity index (χ1v) is 10.6. The van der Waals surface area contributed by atoms with E-state index in [1.54, 1.807) is 4.90 Å². The van der Waals surface area contributed by atoms with Gasteiger partial charge in [0.05, 0.1) is 16.3 Å². The summed E-state index contributed by atoms with van der Waals surface area (Å²) >= 11 is 5.57. The molecule has 0 aliphatic carbocycles. The number of alkyl halides is 3. The van der Waals surface area contributed by atoms with Crippen molar-refractivity contribution in [1.82, 2.24) is 9.80 Å². The first-order chi connectivity index (χ1) is 12.5. The fraction of sp³-hybridized carbons (Fsp3) is 0.471. The molecule has 0 N–H and O–H groups in total. The van der Waals surface area contributed by atoms with Gasteiger partial charge in [-0.1, -0.05) is 17.7 Å². The highest BCUT2D eigenvalue weighted by atomic mass is 35.5. The standard InChI is InChI=1S/C17H20ClF3N2O3S/c1-27(25,26)11-10-22-6-8-23(9-7-22)16(24)5-3-13-2-4-15(18)14(12-13)17(19,20)21/h2-5,12H,6-11H2,1H3/b5-3+. The van der Waals surface area contributed by atoms with Gasteiger partial charge in [0.1, 0.15) is 9.84 Å². The van der Waals surface area contributed by atoms with E-state index in [1.165, 1.54) is 24.5 Å². The molecule has 1 aliphatic rings. The highest BCUT2D eigenvalue weighted by Crippen LogP contribution is 2.35. The number of sulfone groups is 1. The molecule has 0 radical (unpaired) electrons. The highest BCUT2D eigenvalue weighted by molar-refractivity contribution is 7.90. The van der Waals surface area contributed by atoms with Gasteiger partial charge in [0.15, 0.2) is 0 Å². The fourth-order valence-corrected chi connectivity index (χ4v) is 3.44. The number of halogens is 4. The Labute approximate surface area is 161 Å². The van der Waals surface area contributed by atoms with Crippen LogP contribution in [0.25, 0.3) is 6.08 Å². The molecule has 1 fully saturated rings. The second-order valence-corrected chi connectivity index (χ2v) is 9.03. The van der Waals surface area contributed by atoms with Gasteiger partial charge in [0.25, 0.3) is 0 Å². The second kappa shape index (κ2) is 8.62. The van der Waals surface area contributed by atoms with Crippen molar-refractivity contribution >= 4 is 33.4 Å². The maximum Gasteiger partial charge on any atom is 0.417 e. The van der Waals surface area contributed by atoms with Gasteiger partial charge in [-0.05, 0) is 23.8 Å². The normalized spacial score (nSPS) is 16.9. The molecule has 1 aliphatic heterocycles. The Morgan fingerprint density at radius 1 is 1.22 bits per heavy atom. The van der Waals surface area contributed by atoms with E-state index in [1.807, 2.05) is 4.90 Å². The lowest BCUT2D eigenvalue weighted by Crippen LogP contribution is -2.49. The van der Waals surface area contributed by atoms with Crippen LogP contribution in [0.2, 0.25) is 5.02 Å². The lowest BCUT2D eigenvalue weighted by Gasteiger charge is -2.34. The number of rotatable bonds is 5. The molecule has 1 amide bonds. The highest BCUT2D eigenvalue weighted by Gasteiger charge is 2.33. The first kappa shape index (κ1) is 21.7. The van der Waals surface area contributed by atoms with Gasteiger partial charge in [0, 0.05) is 45.1 Å². The van der Waals surface area contributed by atoms with Crippen LogP contribution in [-0.4, -0.2) is 68.9 Å². The molecule has 27 heavy (non-hydrogen) atoms. The zero-order chi connectivity index (χ0) is 20.2. The van der Waals surface area contributed by atoms with Crippen molar-refractivity contribution < 1.29 is 26.4 Å². The first-order valence-electron chi connectivity index (χ1n) is 8.19. The van der Waals surface area contributed by atoms with Crippen LogP contribution in [0.5, 0.6) is 0 Å². The summed E-state index contributed by atoms with van der Waals surface area (Å²) in [5.74, 6) is -0.236. The van der Waals surface area contributed by atoms with Crippen LogP contribution in [0.3, 0.4) is 0 Å². The molecule has 150 valence electrons. The Morgan fingerprint density at radius 2 is 1.85 bits per heavy atom. The van der Waals surface area contributed by atoms with Crippen LogP contribution < -0.4 is 0 Å². The summed E-state index contributed by atoms with van der Waals surface area (Å²) in [4.78, 5) is 15.8.